The van der Waals surface area contributed by atoms with Gasteiger partial charge in [-0.05, 0) is 40.4 Å². The zero-order valence-electron chi connectivity index (χ0n) is 26.8. The number of rotatable bonds is 4. The standard InChI is InChI=1S/C45H27N5/c1-3-13-28(14-4-1)43-48-44(29-15-5-2-6-16-29)50-45(49-43)35-24-23-34(32-19-9-10-20-33(32)35)42-37-25-26-39-41(31-18-8-7-17-30(31)27-46-39)40(37)36-21-11-12-22-38(36)47-42/h1-27H. The molecule has 50 heavy (non-hydrogen) atoms. The summed E-state index contributed by atoms with van der Waals surface area (Å²) < 4.78 is 0. The molecule has 0 spiro atoms. The summed E-state index contributed by atoms with van der Waals surface area (Å²) in [7, 11) is 0. The maximum atomic E-state index is 5.36. The van der Waals surface area contributed by atoms with Crippen LogP contribution >= 0.6 is 0 Å². The molecule has 0 unspecified atom stereocenters. The van der Waals surface area contributed by atoms with E-state index in [9.17, 15) is 0 Å². The van der Waals surface area contributed by atoms with Gasteiger partial charge < -0.3 is 0 Å². The Bertz CT molecular complexity index is 2860. The van der Waals surface area contributed by atoms with E-state index in [1.807, 2.05) is 66.9 Å². The fourth-order valence-corrected chi connectivity index (χ4v) is 7.22. The highest BCUT2D eigenvalue weighted by molar-refractivity contribution is 6.28. The minimum absolute atomic E-state index is 0.625. The molecule has 0 amide bonds. The maximum Gasteiger partial charge on any atom is 0.164 e. The summed E-state index contributed by atoms with van der Waals surface area (Å²) in [5.74, 6) is 1.90. The second-order valence-corrected chi connectivity index (χ2v) is 12.4. The molecule has 0 aliphatic carbocycles. The summed E-state index contributed by atoms with van der Waals surface area (Å²) in [6, 6.07) is 54.2. The van der Waals surface area contributed by atoms with Crippen LogP contribution in [-0.4, -0.2) is 24.9 Å². The lowest BCUT2D eigenvalue weighted by atomic mass is 9.91. The van der Waals surface area contributed by atoms with Gasteiger partial charge in [0.1, 0.15) is 0 Å². The van der Waals surface area contributed by atoms with Gasteiger partial charge in [0.25, 0.3) is 0 Å². The summed E-state index contributed by atoms with van der Waals surface area (Å²) in [5.41, 5.74) is 6.71. The number of aromatic nitrogens is 5. The van der Waals surface area contributed by atoms with E-state index in [1.165, 1.54) is 5.39 Å². The molecule has 0 saturated carbocycles. The molecule has 3 heterocycles. The van der Waals surface area contributed by atoms with Gasteiger partial charge in [-0.1, -0.05) is 133 Å². The number of hydrogen-bond donors (Lipinski definition) is 0. The number of nitrogens with zero attached hydrogens (tertiary/aromatic N) is 5. The molecule has 232 valence electrons. The van der Waals surface area contributed by atoms with E-state index < -0.39 is 0 Å². The second kappa shape index (κ2) is 11.4. The zero-order valence-corrected chi connectivity index (χ0v) is 26.8. The van der Waals surface area contributed by atoms with Crippen LogP contribution in [0.3, 0.4) is 0 Å². The third kappa shape index (κ3) is 4.52. The SMILES string of the molecule is c1ccc(-c2nc(-c3ccccc3)nc(-c3ccc(-c4nc5ccccc5c5c4ccc4ncc6ccccc6c45)c4ccccc34)n2)cc1. The summed E-state index contributed by atoms with van der Waals surface area (Å²) in [5, 5.41) is 8.94. The Morgan fingerprint density at radius 3 is 1.60 bits per heavy atom. The molecule has 0 aliphatic rings. The van der Waals surface area contributed by atoms with Gasteiger partial charge >= 0.3 is 0 Å². The second-order valence-electron chi connectivity index (χ2n) is 12.4. The van der Waals surface area contributed by atoms with Crippen molar-refractivity contribution >= 4 is 54.1 Å². The van der Waals surface area contributed by atoms with Crippen LogP contribution in [0.1, 0.15) is 0 Å². The fourth-order valence-electron chi connectivity index (χ4n) is 7.22. The third-order valence-electron chi connectivity index (χ3n) is 9.54. The molecule has 3 aromatic heterocycles. The van der Waals surface area contributed by atoms with Crippen LogP contribution in [0.2, 0.25) is 0 Å². The van der Waals surface area contributed by atoms with Crippen molar-refractivity contribution in [3.05, 3.63) is 164 Å². The minimum Gasteiger partial charge on any atom is -0.256 e. The van der Waals surface area contributed by atoms with Crippen LogP contribution in [0.15, 0.2) is 164 Å². The normalized spacial score (nSPS) is 11.6. The first-order chi connectivity index (χ1) is 24.8. The molecule has 0 atom stereocenters. The summed E-state index contributed by atoms with van der Waals surface area (Å²) >= 11 is 0. The van der Waals surface area contributed by atoms with E-state index >= 15 is 0 Å². The highest BCUT2D eigenvalue weighted by Crippen LogP contribution is 2.42. The van der Waals surface area contributed by atoms with Gasteiger partial charge in [-0.2, -0.15) is 0 Å². The number of fused-ring (bicyclic) bond motifs is 8. The average Bonchev–Trinajstić information content (AvgIpc) is 3.20. The molecule has 0 bridgehead atoms. The maximum absolute atomic E-state index is 5.36. The van der Waals surface area contributed by atoms with Gasteiger partial charge in [0.2, 0.25) is 0 Å². The van der Waals surface area contributed by atoms with Crippen molar-refractivity contribution in [2.75, 3.05) is 0 Å². The van der Waals surface area contributed by atoms with Gasteiger partial charge in [-0.15, -0.1) is 0 Å². The predicted molar refractivity (Wildman–Crippen MR) is 205 cm³/mol. The molecule has 0 saturated heterocycles. The lowest BCUT2D eigenvalue weighted by Crippen LogP contribution is -2.01. The number of para-hydroxylation sites is 1. The summed E-state index contributed by atoms with van der Waals surface area (Å²) in [4.78, 5) is 25.3. The van der Waals surface area contributed by atoms with E-state index in [0.29, 0.717) is 17.5 Å². The van der Waals surface area contributed by atoms with Crippen LogP contribution in [0.25, 0.3) is 99.5 Å². The van der Waals surface area contributed by atoms with Crippen molar-refractivity contribution in [2.24, 2.45) is 0 Å². The Balaban J connectivity index is 1.26. The Morgan fingerprint density at radius 1 is 0.320 bits per heavy atom. The van der Waals surface area contributed by atoms with Gasteiger partial charge in [-0.25, -0.2) is 19.9 Å². The molecule has 0 aliphatic heterocycles. The van der Waals surface area contributed by atoms with Crippen LogP contribution in [0.5, 0.6) is 0 Å². The van der Waals surface area contributed by atoms with E-state index in [-0.39, 0.29) is 0 Å². The molecule has 0 fully saturated rings. The van der Waals surface area contributed by atoms with Crippen LogP contribution in [-0.2, 0) is 0 Å². The topological polar surface area (TPSA) is 64.5 Å². The molecular formula is C45H27N5. The molecule has 10 rings (SSSR count). The lowest BCUT2D eigenvalue weighted by Gasteiger charge is -2.16. The van der Waals surface area contributed by atoms with Crippen molar-refractivity contribution in [3.63, 3.8) is 0 Å². The molecule has 10 aromatic rings. The Morgan fingerprint density at radius 2 is 0.880 bits per heavy atom. The van der Waals surface area contributed by atoms with Crippen LogP contribution in [0.4, 0.5) is 0 Å². The fraction of sp³-hybridized carbons (Fsp3) is 0. The van der Waals surface area contributed by atoms with Crippen molar-refractivity contribution in [1.82, 2.24) is 24.9 Å². The van der Waals surface area contributed by atoms with E-state index in [0.717, 1.165) is 76.7 Å². The first-order valence-corrected chi connectivity index (χ1v) is 16.7. The van der Waals surface area contributed by atoms with Gasteiger partial charge in [0.05, 0.1) is 16.7 Å². The highest BCUT2D eigenvalue weighted by Gasteiger charge is 2.20. The Kier molecular flexibility index (Phi) is 6.42. The Hall–Kier alpha value is -6.85. The molecular weight excluding hydrogens is 611 g/mol. The molecule has 5 nitrogen and oxygen atoms in total. The van der Waals surface area contributed by atoms with Gasteiger partial charge in [0, 0.05) is 55.4 Å². The number of benzene rings is 7. The highest BCUT2D eigenvalue weighted by atomic mass is 15.0. The average molecular weight is 638 g/mol. The summed E-state index contributed by atoms with van der Waals surface area (Å²) in [6.07, 6.45) is 1.97. The summed E-state index contributed by atoms with van der Waals surface area (Å²) in [6.45, 7) is 0. The molecule has 0 radical (unpaired) electrons. The van der Waals surface area contributed by atoms with Crippen molar-refractivity contribution in [2.45, 2.75) is 0 Å². The van der Waals surface area contributed by atoms with Gasteiger partial charge in [-0.3, -0.25) is 4.98 Å². The first-order valence-electron chi connectivity index (χ1n) is 16.7. The largest absolute Gasteiger partial charge is 0.256 e. The molecule has 0 N–H and O–H groups in total. The van der Waals surface area contributed by atoms with Crippen molar-refractivity contribution in [3.8, 4) is 45.4 Å². The van der Waals surface area contributed by atoms with Crippen molar-refractivity contribution in [1.29, 1.82) is 0 Å². The van der Waals surface area contributed by atoms with E-state index in [2.05, 4.69) is 97.1 Å². The molecule has 5 heteroatoms. The number of hydrogen-bond acceptors (Lipinski definition) is 5. The number of pyridine rings is 2. The van der Waals surface area contributed by atoms with Crippen molar-refractivity contribution < 1.29 is 0 Å². The lowest BCUT2D eigenvalue weighted by molar-refractivity contribution is 1.08. The van der Waals surface area contributed by atoms with E-state index in [4.69, 9.17) is 24.9 Å². The monoisotopic (exact) mass is 637 g/mol. The first kappa shape index (κ1) is 28.2. The molecule has 7 aromatic carbocycles. The Labute approximate surface area is 287 Å². The predicted octanol–water partition coefficient (Wildman–Crippen LogP) is 11.1. The van der Waals surface area contributed by atoms with Crippen LogP contribution in [0, 0.1) is 0 Å². The zero-order chi connectivity index (χ0) is 33.0. The van der Waals surface area contributed by atoms with E-state index in [1.54, 1.807) is 0 Å². The van der Waals surface area contributed by atoms with Gasteiger partial charge in [0.15, 0.2) is 17.5 Å². The quantitative estimate of drug-likeness (QED) is 0.180. The van der Waals surface area contributed by atoms with Crippen LogP contribution < -0.4 is 0 Å². The minimum atomic E-state index is 0.625. The smallest absolute Gasteiger partial charge is 0.164 e. The third-order valence-corrected chi connectivity index (χ3v) is 9.54.